The lowest BCUT2D eigenvalue weighted by atomic mass is 9.89. The van der Waals surface area contributed by atoms with Crippen molar-refractivity contribution in [3.8, 4) is 0 Å². The van der Waals surface area contributed by atoms with Gasteiger partial charge in [-0.3, -0.25) is 9.59 Å². The summed E-state index contributed by atoms with van der Waals surface area (Å²) in [5, 5.41) is 5.82. The van der Waals surface area contributed by atoms with Crippen LogP contribution in [-0.2, 0) is 9.59 Å². The molecule has 2 heterocycles. The van der Waals surface area contributed by atoms with Crippen molar-refractivity contribution in [2.45, 2.75) is 32.1 Å². The topological polar surface area (TPSA) is 65.5 Å². The van der Waals surface area contributed by atoms with Gasteiger partial charge in [-0.1, -0.05) is 19.3 Å². The average Bonchev–Trinajstić information content (AvgIpc) is 3.15. The monoisotopic (exact) mass is 336 g/mol. The molecule has 0 aromatic carbocycles. The maximum Gasteiger partial charge on any atom is 0.242 e. The first-order chi connectivity index (χ1) is 11.2. The van der Waals surface area contributed by atoms with E-state index in [9.17, 15) is 9.59 Å². The van der Waals surface area contributed by atoms with Gasteiger partial charge in [0.15, 0.2) is 5.13 Å². The Morgan fingerprint density at radius 1 is 1.17 bits per heavy atom. The van der Waals surface area contributed by atoms with Gasteiger partial charge in [-0.25, -0.2) is 4.98 Å². The van der Waals surface area contributed by atoms with E-state index in [2.05, 4.69) is 15.2 Å². The first-order valence-electron chi connectivity index (χ1n) is 8.44. The number of nitrogens with one attached hydrogen (secondary N) is 1. The van der Waals surface area contributed by atoms with E-state index in [1.54, 1.807) is 17.5 Å². The molecule has 1 aromatic heterocycles. The van der Waals surface area contributed by atoms with Gasteiger partial charge in [-0.05, 0) is 12.8 Å². The molecule has 126 valence electrons. The van der Waals surface area contributed by atoms with Crippen molar-refractivity contribution in [2.24, 2.45) is 5.92 Å². The van der Waals surface area contributed by atoms with E-state index in [4.69, 9.17) is 0 Å². The number of amides is 2. The summed E-state index contributed by atoms with van der Waals surface area (Å²) in [4.78, 5) is 32.7. The Labute approximate surface area is 140 Å². The van der Waals surface area contributed by atoms with Gasteiger partial charge in [0.05, 0.1) is 6.54 Å². The molecular weight excluding hydrogens is 312 g/mol. The lowest BCUT2D eigenvalue weighted by molar-refractivity contribution is -0.134. The third kappa shape index (κ3) is 4.22. The lowest BCUT2D eigenvalue weighted by Crippen LogP contribution is -2.51. The molecule has 6 nitrogen and oxygen atoms in total. The van der Waals surface area contributed by atoms with Crippen molar-refractivity contribution in [1.29, 1.82) is 0 Å². The maximum atomic E-state index is 12.3. The zero-order chi connectivity index (χ0) is 16.1. The van der Waals surface area contributed by atoms with Crippen LogP contribution in [0.1, 0.15) is 32.1 Å². The first-order valence-corrected chi connectivity index (χ1v) is 9.32. The Kier molecular flexibility index (Phi) is 5.48. The van der Waals surface area contributed by atoms with E-state index in [0.29, 0.717) is 13.1 Å². The number of hydrogen-bond acceptors (Lipinski definition) is 5. The average molecular weight is 336 g/mol. The molecule has 7 heteroatoms. The summed E-state index contributed by atoms with van der Waals surface area (Å²) >= 11 is 1.62. The van der Waals surface area contributed by atoms with E-state index in [1.165, 1.54) is 6.42 Å². The third-order valence-corrected chi connectivity index (χ3v) is 5.54. The molecule has 3 rings (SSSR count). The van der Waals surface area contributed by atoms with Crippen LogP contribution >= 0.6 is 11.3 Å². The number of carbonyl (C=O) groups excluding carboxylic acids is 2. The minimum absolute atomic E-state index is 0.0212. The second-order valence-corrected chi connectivity index (χ2v) is 7.11. The number of anilines is 1. The van der Waals surface area contributed by atoms with Crippen LogP contribution in [0.3, 0.4) is 0 Å². The molecule has 1 aliphatic carbocycles. The van der Waals surface area contributed by atoms with Crippen molar-refractivity contribution in [1.82, 2.24) is 15.2 Å². The summed E-state index contributed by atoms with van der Waals surface area (Å²) in [6.07, 6.45) is 7.22. The van der Waals surface area contributed by atoms with Crippen LogP contribution in [0.2, 0.25) is 0 Å². The highest BCUT2D eigenvalue weighted by Gasteiger charge is 2.24. The fourth-order valence-corrected chi connectivity index (χ4v) is 4.00. The standard InChI is InChI=1S/C16H24N4O2S/c21-14(12-18-15(22)13-4-2-1-3-5-13)19-7-9-20(10-8-19)16-17-6-11-23-16/h6,11,13H,1-5,7-10,12H2,(H,18,22). The van der Waals surface area contributed by atoms with Crippen molar-refractivity contribution in [2.75, 3.05) is 37.6 Å². The van der Waals surface area contributed by atoms with Gasteiger partial charge in [-0.15, -0.1) is 11.3 Å². The molecule has 0 spiro atoms. The summed E-state index contributed by atoms with van der Waals surface area (Å²) < 4.78 is 0. The number of hydrogen-bond donors (Lipinski definition) is 1. The number of nitrogens with zero attached hydrogens (tertiary/aromatic N) is 3. The summed E-state index contributed by atoms with van der Waals surface area (Å²) in [6.45, 7) is 3.12. The number of aromatic nitrogens is 1. The summed E-state index contributed by atoms with van der Waals surface area (Å²) in [6, 6.07) is 0. The van der Waals surface area contributed by atoms with Gasteiger partial charge >= 0.3 is 0 Å². The molecule has 2 aliphatic rings. The van der Waals surface area contributed by atoms with E-state index in [0.717, 1.165) is 43.9 Å². The molecule has 0 bridgehead atoms. The van der Waals surface area contributed by atoms with Gasteiger partial charge in [0.2, 0.25) is 11.8 Å². The Balaban J connectivity index is 1.40. The number of carbonyl (C=O) groups is 2. The molecule has 2 amide bonds. The van der Waals surface area contributed by atoms with Crippen LogP contribution in [0.25, 0.3) is 0 Å². The van der Waals surface area contributed by atoms with Crippen molar-refractivity contribution in [3.63, 3.8) is 0 Å². The predicted molar refractivity (Wildman–Crippen MR) is 90.5 cm³/mol. The van der Waals surface area contributed by atoms with Gasteiger partial charge in [0.1, 0.15) is 0 Å². The van der Waals surface area contributed by atoms with Crippen LogP contribution in [-0.4, -0.2) is 54.4 Å². The van der Waals surface area contributed by atoms with Gasteiger partial charge < -0.3 is 15.1 Å². The summed E-state index contributed by atoms with van der Waals surface area (Å²) in [5.74, 6) is 0.186. The molecule has 23 heavy (non-hydrogen) atoms. The molecule has 0 atom stereocenters. The summed E-state index contributed by atoms with van der Waals surface area (Å²) in [5.41, 5.74) is 0. The van der Waals surface area contributed by atoms with Crippen LogP contribution in [0.5, 0.6) is 0 Å². The maximum absolute atomic E-state index is 12.3. The van der Waals surface area contributed by atoms with E-state index < -0.39 is 0 Å². The molecule has 1 aromatic rings. The van der Waals surface area contributed by atoms with Gasteiger partial charge in [-0.2, -0.15) is 0 Å². The normalized spacial score (nSPS) is 19.7. The Morgan fingerprint density at radius 3 is 2.57 bits per heavy atom. The smallest absolute Gasteiger partial charge is 0.242 e. The molecule has 0 radical (unpaired) electrons. The zero-order valence-corrected chi connectivity index (χ0v) is 14.2. The molecule has 1 aliphatic heterocycles. The van der Waals surface area contributed by atoms with Gasteiger partial charge in [0.25, 0.3) is 0 Å². The fraction of sp³-hybridized carbons (Fsp3) is 0.688. The largest absolute Gasteiger partial charge is 0.347 e. The van der Waals surface area contributed by atoms with Crippen molar-refractivity contribution < 1.29 is 9.59 Å². The second kappa shape index (κ2) is 7.77. The van der Waals surface area contributed by atoms with Crippen LogP contribution in [0.4, 0.5) is 5.13 Å². The van der Waals surface area contributed by atoms with Crippen molar-refractivity contribution >= 4 is 28.3 Å². The fourth-order valence-electron chi connectivity index (χ4n) is 3.30. The van der Waals surface area contributed by atoms with Crippen LogP contribution in [0.15, 0.2) is 11.6 Å². The molecule has 0 unspecified atom stereocenters. The minimum atomic E-state index is 0.0212. The molecule has 1 saturated heterocycles. The Hall–Kier alpha value is -1.63. The molecule has 1 saturated carbocycles. The van der Waals surface area contributed by atoms with E-state index in [1.807, 2.05) is 10.3 Å². The SMILES string of the molecule is O=C(NCC(=O)N1CCN(c2nccs2)CC1)C1CCCCC1. The van der Waals surface area contributed by atoms with Crippen LogP contribution < -0.4 is 10.2 Å². The van der Waals surface area contributed by atoms with Gasteiger partial charge in [0, 0.05) is 43.7 Å². The summed E-state index contributed by atoms with van der Waals surface area (Å²) in [7, 11) is 0. The Bertz CT molecular complexity index is 520. The van der Waals surface area contributed by atoms with E-state index >= 15 is 0 Å². The quantitative estimate of drug-likeness (QED) is 0.905. The molecule has 2 fully saturated rings. The Morgan fingerprint density at radius 2 is 1.91 bits per heavy atom. The second-order valence-electron chi connectivity index (χ2n) is 6.24. The molecule has 1 N–H and O–H groups in total. The minimum Gasteiger partial charge on any atom is -0.347 e. The number of rotatable bonds is 4. The zero-order valence-electron chi connectivity index (χ0n) is 13.4. The number of piperazine rings is 1. The predicted octanol–water partition coefficient (Wildman–Crippen LogP) is 1.49. The third-order valence-electron chi connectivity index (χ3n) is 4.71. The first kappa shape index (κ1) is 16.2. The number of thiazole rings is 1. The lowest BCUT2D eigenvalue weighted by Gasteiger charge is -2.34. The van der Waals surface area contributed by atoms with Crippen LogP contribution in [0, 0.1) is 5.92 Å². The highest BCUT2D eigenvalue weighted by Crippen LogP contribution is 2.23. The highest BCUT2D eigenvalue weighted by atomic mass is 32.1. The highest BCUT2D eigenvalue weighted by molar-refractivity contribution is 7.13. The van der Waals surface area contributed by atoms with E-state index in [-0.39, 0.29) is 24.3 Å². The molecular formula is C16H24N4O2S. The van der Waals surface area contributed by atoms with Crippen molar-refractivity contribution in [3.05, 3.63) is 11.6 Å².